The molecule has 0 bridgehead atoms. The van der Waals surface area contributed by atoms with E-state index in [9.17, 15) is 9.59 Å². The number of carboxylic acids is 1. The molecule has 0 aromatic heterocycles. The molecule has 0 radical (unpaired) electrons. The largest absolute Gasteiger partial charge is 0.480 e. The Kier molecular flexibility index (Phi) is 5.55. The van der Waals surface area contributed by atoms with E-state index < -0.39 is 5.97 Å². The van der Waals surface area contributed by atoms with Gasteiger partial charge in [-0.05, 0) is 37.8 Å². The van der Waals surface area contributed by atoms with Crippen LogP contribution in [0.2, 0.25) is 0 Å². The molecule has 2 rings (SSSR count). The zero-order valence-corrected chi connectivity index (χ0v) is 13.0. The van der Waals surface area contributed by atoms with Crippen molar-refractivity contribution in [2.24, 2.45) is 0 Å². The van der Waals surface area contributed by atoms with Gasteiger partial charge in [-0.25, -0.2) is 0 Å². The molecular weight excluding hydrogens is 280 g/mol. The van der Waals surface area contributed by atoms with E-state index in [1.807, 2.05) is 37.3 Å². The summed E-state index contributed by atoms with van der Waals surface area (Å²) >= 11 is 0. The first-order chi connectivity index (χ1) is 10.6. The molecule has 0 aliphatic heterocycles. The Morgan fingerprint density at radius 2 is 1.91 bits per heavy atom. The predicted octanol–water partition coefficient (Wildman–Crippen LogP) is 1.98. The van der Waals surface area contributed by atoms with Gasteiger partial charge >= 0.3 is 5.97 Å². The molecule has 1 aliphatic rings. The fraction of sp³-hybridized carbons (Fsp3) is 0.529. The number of carboxylic acid groups (broad SMARTS) is 1. The molecule has 1 fully saturated rings. The van der Waals surface area contributed by atoms with Crippen molar-refractivity contribution in [3.63, 3.8) is 0 Å². The summed E-state index contributed by atoms with van der Waals surface area (Å²) in [5.74, 6) is -0.999. The van der Waals surface area contributed by atoms with Gasteiger partial charge in [0.2, 0.25) is 5.91 Å². The molecule has 0 heterocycles. The number of amides is 1. The molecule has 120 valence electrons. The van der Waals surface area contributed by atoms with E-state index in [1.165, 1.54) is 0 Å². The van der Waals surface area contributed by atoms with Crippen molar-refractivity contribution >= 4 is 11.9 Å². The van der Waals surface area contributed by atoms with Crippen LogP contribution in [0.1, 0.15) is 38.2 Å². The van der Waals surface area contributed by atoms with Gasteiger partial charge in [-0.3, -0.25) is 14.5 Å². The van der Waals surface area contributed by atoms with Crippen molar-refractivity contribution in [2.45, 2.75) is 38.1 Å². The van der Waals surface area contributed by atoms with Gasteiger partial charge in [0.15, 0.2) is 0 Å². The number of aliphatic carboxylic acids is 1. The topological polar surface area (TPSA) is 69.6 Å². The smallest absolute Gasteiger partial charge is 0.317 e. The molecule has 0 spiro atoms. The normalized spacial score (nSPS) is 16.1. The lowest BCUT2D eigenvalue weighted by molar-refractivity contribution is -0.138. The number of hydrogen-bond acceptors (Lipinski definition) is 3. The quantitative estimate of drug-likeness (QED) is 0.770. The number of hydrogen-bond donors (Lipinski definition) is 2. The molecule has 2 N–H and O–H groups in total. The maximum Gasteiger partial charge on any atom is 0.317 e. The Labute approximate surface area is 131 Å². The number of rotatable bonds is 8. The molecule has 0 atom stereocenters. The second-order valence-corrected chi connectivity index (χ2v) is 5.95. The van der Waals surface area contributed by atoms with E-state index in [4.69, 9.17) is 5.11 Å². The second kappa shape index (κ2) is 7.40. The Morgan fingerprint density at radius 3 is 2.41 bits per heavy atom. The number of carbonyl (C=O) groups excluding carboxylic acids is 1. The number of benzene rings is 1. The Hall–Kier alpha value is -1.88. The van der Waals surface area contributed by atoms with Crippen molar-refractivity contribution in [1.82, 2.24) is 10.2 Å². The van der Waals surface area contributed by atoms with Gasteiger partial charge < -0.3 is 10.4 Å². The fourth-order valence-corrected chi connectivity index (χ4v) is 3.00. The summed E-state index contributed by atoms with van der Waals surface area (Å²) < 4.78 is 0. The second-order valence-electron chi connectivity index (χ2n) is 5.95. The highest BCUT2D eigenvalue weighted by Gasteiger charge is 2.39. The van der Waals surface area contributed by atoms with Crippen LogP contribution in [0.25, 0.3) is 0 Å². The lowest BCUT2D eigenvalue weighted by atomic mass is 9.72. The lowest BCUT2D eigenvalue weighted by Crippen LogP contribution is -2.53. The molecule has 0 unspecified atom stereocenters. The van der Waals surface area contributed by atoms with Crippen LogP contribution < -0.4 is 5.32 Å². The summed E-state index contributed by atoms with van der Waals surface area (Å²) in [4.78, 5) is 24.9. The van der Waals surface area contributed by atoms with Gasteiger partial charge in [-0.15, -0.1) is 0 Å². The Bertz CT molecular complexity index is 512. The van der Waals surface area contributed by atoms with Crippen molar-refractivity contribution in [2.75, 3.05) is 19.6 Å². The molecule has 1 aromatic carbocycles. The van der Waals surface area contributed by atoms with E-state index in [1.54, 1.807) is 4.90 Å². The van der Waals surface area contributed by atoms with Crippen molar-refractivity contribution in [3.05, 3.63) is 35.9 Å². The van der Waals surface area contributed by atoms with Crippen LogP contribution in [0.3, 0.4) is 0 Å². The Balaban J connectivity index is 1.99. The lowest BCUT2D eigenvalue weighted by Gasteiger charge is -2.43. The van der Waals surface area contributed by atoms with E-state index >= 15 is 0 Å². The van der Waals surface area contributed by atoms with Gasteiger partial charge in [0, 0.05) is 0 Å². The monoisotopic (exact) mass is 304 g/mol. The van der Waals surface area contributed by atoms with E-state index in [2.05, 4.69) is 5.32 Å². The van der Waals surface area contributed by atoms with Crippen molar-refractivity contribution in [1.29, 1.82) is 0 Å². The minimum absolute atomic E-state index is 0.0976. The Morgan fingerprint density at radius 1 is 1.23 bits per heavy atom. The zero-order chi connectivity index (χ0) is 16.0. The van der Waals surface area contributed by atoms with Crippen molar-refractivity contribution in [3.8, 4) is 0 Å². The highest BCUT2D eigenvalue weighted by molar-refractivity contribution is 5.80. The number of nitrogens with zero attached hydrogens (tertiary/aromatic N) is 1. The molecule has 22 heavy (non-hydrogen) atoms. The van der Waals surface area contributed by atoms with Gasteiger partial charge in [-0.2, -0.15) is 0 Å². The fourth-order valence-electron chi connectivity index (χ4n) is 3.00. The highest BCUT2D eigenvalue weighted by atomic mass is 16.4. The molecule has 1 saturated carbocycles. The zero-order valence-electron chi connectivity index (χ0n) is 13.0. The SMILES string of the molecule is CCCN(CC(=O)O)CC(=O)NC1(c2ccccc2)CCC1. The minimum Gasteiger partial charge on any atom is -0.480 e. The molecule has 5 heteroatoms. The van der Waals surface area contributed by atoms with Crippen LogP contribution >= 0.6 is 0 Å². The van der Waals surface area contributed by atoms with Crippen LogP contribution in [0, 0.1) is 0 Å². The molecule has 1 aromatic rings. The molecule has 1 amide bonds. The van der Waals surface area contributed by atoms with Crippen LogP contribution in [-0.4, -0.2) is 41.5 Å². The van der Waals surface area contributed by atoms with Gasteiger partial charge in [0.1, 0.15) is 0 Å². The predicted molar refractivity (Wildman–Crippen MR) is 84.5 cm³/mol. The first-order valence-corrected chi connectivity index (χ1v) is 7.86. The van der Waals surface area contributed by atoms with Gasteiger partial charge in [0.25, 0.3) is 0 Å². The van der Waals surface area contributed by atoms with E-state index in [0.29, 0.717) is 6.54 Å². The van der Waals surface area contributed by atoms with Crippen LogP contribution in [0.4, 0.5) is 0 Å². The van der Waals surface area contributed by atoms with Crippen LogP contribution in [-0.2, 0) is 15.1 Å². The number of carbonyl (C=O) groups is 2. The van der Waals surface area contributed by atoms with Gasteiger partial charge in [0.05, 0.1) is 18.6 Å². The maximum atomic E-state index is 12.3. The van der Waals surface area contributed by atoms with E-state index in [0.717, 1.165) is 31.2 Å². The molecular formula is C17H24N2O3. The van der Waals surface area contributed by atoms with Crippen LogP contribution in [0.5, 0.6) is 0 Å². The first-order valence-electron chi connectivity index (χ1n) is 7.86. The highest BCUT2D eigenvalue weighted by Crippen LogP contribution is 2.41. The summed E-state index contributed by atoms with van der Waals surface area (Å²) in [5.41, 5.74) is 0.870. The van der Waals surface area contributed by atoms with E-state index in [-0.39, 0.29) is 24.5 Å². The average Bonchev–Trinajstić information content (AvgIpc) is 2.43. The minimum atomic E-state index is -0.900. The van der Waals surface area contributed by atoms with Crippen LogP contribution in [0.15, 0.2) is 30.3 Å². The standard InChI is InChI=1S/C17H24N2O3/c1-2-11-19(13-16(21)22)12-15(20)18-17(9-6-10-17)14-7-4-3-5-8-14/h3-5,7-8H,2,6,9-13H2,1H3,(H,18,20)(H,21,22). The third kappa shape index (κ3) is 4.07. The van der Waals surface area contributed by atoms with Gasteiger partial charge in [-0.1, -0.05) is 37.3 Å². The number of nitrogens with one attached hydrogen (secondary N) is 1. The summed E-state index contributed by atoms with van der Waals surface area (Å²) in [7, 11) is 0. The summed E-state index contributed by atoms with van der Waals surface area (Å²) in [6, 6.07) is 10.0. The van der Waals surface area contributed by atoms with Crippen molar-refractivity contribution < 1.29 is 14.7 Å². The summed E-state index contributed by atoms with van der Waals surface area (Å²) in [6.07, 6.45) is 3.80. The maximum absolute atomic E-state index is 12.3. The summed E-state index contributed by atoms with van der Waals surface area (Å²) in [5, 5.41) is 12.1. The summed E-state index contributed by atoms with van der Waals surface area (Å²) in [6.45, 7) is 2.62. The average molecular weight is 304 g/mol. The third-order valence-corrected chi connectivity index (χ3v) is 4.18. The first kappa shape index (κ1) is 16.5. The third-order valence-electron chi connectivity index (χ3n) is 4.18. The molecule has 0 saturated heterocycles. The molecule has 5 nitrogen and oxygen atoms in total. The molecule has 1 aliphatic carbocycles.